The van der Waals surface area contributed by atoms with E-state index in [2.05, 4.69) is 22.3 Å². The largest absolute Gasteiger partial charge is 0.497 e. The van der Waals surface area contributed by atoms with Gasteiger partial charge in [0.15, 0.2) is 0 Å². The number of likely N-dealkylation sites (tertiary alicyclic amines) is 2. The first-order chi connectivity index (χ1) is 18.6. The van der Waals surface area contributed by atoms with E-state index in [0.29, 0.717) is 25.7 Å². The maximum atomic E-state index is 13.5. The average Bonchev–Trinajstić information content (AvgIpc) is 3.27. The van der Waals surface area contributed by atoms with E-state index in [1.54, 1.807) is 7.11 Å². The molecule has 2 aromatic carbocycles. The van der Waals surface area contributed by atoms with Gasteiger partial charge in [0.1, 0.15) is 5.75 Å². The first-order valence-corrected chi connectivity index (χ1v) is 14.1. The molecule has 3 fully saturated rings. The molecule has 3 aliphatic heterocycles. The van der Waals surface area contributed by atoms with Crippen molar-refractivity contribution in [3.05, 3.63) is 65.7 Å². The summed E-state index contributed by atoms with van der Waals surface area (Å²) in [5, 5.41) is 3.34. The van der Waals surface area contributed by atoms with Crippen molar-refractivity contribution < 1.29 is 19.1 Å². The Morgan fingerprint density at radius 1 is 1.03 bits per heavy atom. The summed E-state index contributed by atoms with van der Waals surface area (Å²) in [6, 6.07) is 18.3. The molecule has 3 heterocycles. The fourth-order valence-electron chi connectivity index (χ4n) is 6.23. The Kier molecular flexibility index (Phi) is 8.65. The average molecular weight is 520 g/mol. The molecular weight excluding hydrogens is 478 g/mol. The van der Waals surface area contributed by atoms with Crippen LogP contribution in [0.3, 0.4) is 0 Å². The van der Waals surface area contributed by atoms with Gasteiger partial charge in [-0.15, -0.1) is 0 Å². The third-order valence-corrected chi connectivity index (χ3v) is 8.79. The molecule has 1 atom stereocenters. The van der Waals surface area contributed by atoms with Gasteiger partial charge in [0.25, 0.3) is 0 Å². The van der Waals surface area contributed by atoms with Gasteiger partial charge in [0.2, 0.25) is 11.8 Å². The normalized spacial score (nSPS) is 21.0. The fraction of sp³-hybridized carbons (Fsp3) is 0.548. The zero-order valence-electron chi connectivity index (χ0n) is 22.6. The molecule has 38 heavy (non-hydrogen) atoms. The third kappa shape index (κ3) is 6.21. The first-order valence-electron chi connectivity index (χ1n) is 14.1. The highest BCUT2D eigenvalue weighted by Gasteiger charge is 2.47. The molecule has 3 saturated heterocycles. The van der Waals surface area contributed by atoms with E-state index in [-0.39, 0.29) is 23.3 Å². The van der Waals surface area contributed by atoms with Crippen LogP contribution in [0, 0.1) is 11.3 Å². The zero-order valence-corrected chi connectivity index (χ0v) is 22.6. The summed E-state index contributed by atoms with van der Waals surface area (Å²) in [5.74, 6) is 1.34. The molecule has 1 N–H and O–H groups in total. The van der Waals surface area contributed by atoms with Gasteiger partial charge in [-0.3, -0.25) is 9.59 Å². The topological polar surface area (TPSA) is 71.1 Å². The van der Waals surface area contributed by atoms with Gasteiger partial charge < -0.3 is 24.6 Å². The fourth-order valence-corrected chi connectivity index (χ4v) is 6.23. The van der Waals surface area contributed by atoms with Crippen LogP contribution in [-0.4, -0.2) is 68.1 Å². The van der Waals surface area contributed by atoms with E-state index in [4.69, 9.17) is 9.47 Å². The van der Waals surface area contributed by atoms with E-state index < -0.39 is 0 Å². The van der Waals surface area contributed by atoms with Crippen molar-refractivity contribution in [3.63, 3.8) is 0 Å². The van der Waals surface area contributed by atoms with Gasteiger partial charge in [0, 0.05) is 38.8 Å². The first kappa shape index (κ1) is 26.7. The van der Waals surface area contributed by atoms with Crippen LogP contribution in [0.4, 0.5) is 0 Å². The van der Waals surface area contributed by atoms with Gasteiger partial charge in [0.05, 0.1) is 18.6 Å². The number of amides is 2. The molecule has 0 aliphatic carbocycles. The number of nitrogens with one attached hydrogen (secondary N) is 1. The highest BCUT2D eigenvalue weighted by atomic mass is 16.5. The van der Waals surface area contributed by atoms with Crippen LogP contribution in [0.5, 0.6) is 5.75 Å². The summed E-state index contributed by atoms with van der Waals surface area (Å²) >= 11 is 0. The van der Waals surface area contributed by atoms with Crippen molar-refractivity contribution in [2.45, 2.75) is 51.1 Å². The second kappa shape index (κ2) is 12.3. The number of methoxy groups -OCH3 is 1. The second-order valence-electron chi connectivity index (χ2n) is 11.1. The summed E-state index contributed by atoms with van der Waals surface area (Å²) in [6.07, 6.45) is 5.23. The molecule has 2 amide bonds. The summed E-state index contributed by atoms with van der Waals surface area (Å²) in [5.41, 5.74) is 2.09. The van der Waals surface area contributed by atoms with E-state index in [1.165, 1.54) is 0 Å². The molecule has 204 valence electrons. The van der Waals surface area contributed by atoms with Crippen molar-refractivity contribution in [1.29, 1.82) is 0 Å². The molecule has 0 bridgehead atoms. The molecule has 0 radical (unpaired) electrons. The number of carbonyl (C=O) groups is 2. The lowest BCUT2D eigenvalue weighted by Crippen LogP contribution is -2.45. The minimum atomic E-state index is -0.209. The molecule has 7 nitrogen and oxygen atoms in total. The van der Waals surface area contributed by atoms with Crippen LogP contribution in [0.1, 0.15) is 55.7 Å². The summed E-state index contributed by atoms with van der Waals surface area (Å²) in [4.78, 5) is 31.0. The van der Waals surface area contributed by atoms with Crippen LogP contribution in [-0.2, 0) is 20.9 Å². The SMILES string of the molecule is COc1ccc(CN2CCC3(CCN(CC[C@H](NC(=O)C4CCOCC4)c4ccccc4)CC3)C2=O)cc1. The van der Waals surface area contributed by atoms with E-state index in [0.717, 1.165) is 81.6 Å². The number of rotatable bonds is 9. The van der Waals surface area contributed by atoms with Crippen LogP contribution in [0.2, 0.25) is 0 Å². The smallest absolute Gasteiger partial charge is 0.229 e. The molecule has 0 saturated carbocycles. The van der Waals surface area contributed by atoms with Gasteiger partial charge in [-0.2, -0.15) is 0 Å². The highest BCUT2D eigenvalue weighted by Crippen LogP contribution is 2.42. The summed E-state index contributed by atoms with van der Waals surface area (Å²) in [7, 11) is 1.67. The predicted octanol–water partition coefficient (Wildman–Crippen LogP) is 4.18. The van der Waals surface area contributed by atoms with Gasteiger partial charge in [-0.05, 0) is 74.9 Å². The highest BCUT2D eigenvalue weighted by molar-refractivity contribution is 5.85. The number of ether oxygens (including phenoxy) is 2. The van der Waals surface area contributed by atoms with Gasteiger partial charge >= 0.3 is 0 Å². The Morgan fingerprint density at radius 2 is 1.71 bits per heavy atom. The maximum Gasteiger partial charge on any atom is 0.229 e. The van der Waals surface area contributed by atoms with Gasteiger partial charge in [-0.1, -0.05) is 42.5 Å². The Bertz CT molecular complexity index is 1060. The Morgan fingerprint density at radius 3 is 2.39 bits per heavy atom. The lowest BCUT2D eigenvalue weighted by Gasteiger charge is -2.38. The molecule has 3 aliphatic rings. The minimum Gasteiger partial charge on any atom is -0.497 e. The number of benzene rings is 2. The lowest BCUT2D eigenvalue weighted by molar-refractivity contribution is -0.139. The molecule has 7 heteroatoms. The Balaban J connectivity index is 1.14. The van der Waals surface area contributed by atoms with Crippen molar-refractivity contribution in [1.82, 2.24) is 15.1 Å². The zero-order chi connectivity index (χ0) is 26.4. The van der Waals surface area contributed by atoms with Crippen LogP contribution < -0.4 is 10.1 Å². The number of hydrogen-bond donors (Lipinski definition) is 1. The van der Waals surface area contributed by atoms with Crippen molar-refractivity contribution >= 4 is 11.8 Å². The van der Waals surface area contributed by atoms with Crippen molar-refractivity contribution in [3.8, 4) is 5.75 Å². The van der Waals surface area contributed by atoms with Crippen molar-refractivity contribution in [2.24, 2.45) is 11.3 Å². The van der Waals surface area contributed by atoms with E-state index in [1.807, 2.05) is 47.4 Å². The van der Waals surface area contributed by atoms with Crippen LogP contribution >= 0.6 is 0 Å². The molecule has 5 rings (SSSR count). The second-order valence-corrected chi connectivity index (χ2v) is 11.1. The summed E-state index contributed by atoms with van der Waals surface area (Å²) in [6.45, 7) is 5.60. The number of carbonyl (C=O) groups excluding carboxylic acids is 2. The van der Waals surface area contributed by atoms with E-state index in [9.17, 15) is 9.59 Å². The quantitative estimate of drug-likeness (QED) is 0.538. The number of nitrogens with zero attached hydrogens (tertiary/aromatic N) is 2. The minimum absolute atomic E-state index is 0.00414. The monoisotopic (exact) mass is 519 g/mol. The molecule has 0 aromatic heterocycles. The number of hydrogen-bond acceptors (Lipinski definition) is 5. The lowest BCUT2D eigenvalue weighted by atomic mass is 9.77. The van der Waals surface area contributed by atoms with Gasteiger partial charge in [-0.25, -0.2) is 0 Å². The predicted molar refractivity (Wildman–Crippen MR) is 147 cm³/mol. The summed E-state index contributed by atoms with van der Waals surface area (Å²) < 4.78 is 10.7. The van der Waals surface area contributed by atoms with Crippen molar-refractivity contribution in [2.75, 3.05) is 46.5 Å². The molecular formula is C31H41N3O4. The Labute approximate surface area is 226 Å². The van der Waals surface area contributed by atoms with E-state index >= 15 is 0 Å². The maximum absolute atomic E-state index is 13.5. The van der Waals surface area contributed by atoms with Crippen LogP contribution in [0.15, 0.2) is 54.6 Å². The molecule has 2 aromatic rings. The van der Waals surface area contributed by atoms with Crippen LogP contribution in [0.25, 0.3) is 0 Å². The standard InChI is InChI=1S/C31H41N3O4/c1-37-27-9-7-24(8-10-27)23-34-20-16-31(30(34)36)14-18-33(19-15-31)17-11-28(25-5-3-2-4-6-25)32-29(35)26-12-21-38-22-13-26/h2-10,26,28H,11-23H2,1H3,(H,32,35)/t28-/m0/s1. The molecule has 1 spiro atoms. The number of piperidine rings is 1. The third-order valence-electron chi connectivity index (χ3n) is 8.79. The molecule has 0 unspecified atom stereocenters. The Hall–Kier alpha value is -2.90.